The molecule has 1 aromatic rings. The van der Waals surface area contributed by atoms with Crippen LogP contribution in [0.3, 0.4) is 0 Å². The number of pyridine rings is 1. The molecule has 1 saturated carbocycles. The van der Waals surface area contributed by atoms with Crippen LogP contribution < -0.4 is 10.2 Å². The van der Waals surface area contributed by atoms with Gasteiger partial charge in [-0.2, -0.15) is 0 Å². The molecule has 0 saturated heterocycles. The van der Waals surface area contributed by atoms with Crippen LogP contribution in [0, 0.1) is 12.8 Å². The van der Waals surface area contributed by atoms with Gasteiger partial charge < -0.3 is 10.2 Å². The topological polar surface area (TPSA) is 28.2 Å². The average Bonchev–Trinajstić information content (AvgIpc) is 3.21. The van der Waals surface area contributed by atoms with Crippen molar-refractivity contribution >= 4 is 5.69 Å². The summed E-state index contributed by atoms with van der Waals surface area (Å²) in [6, 6.07) is 2.80. The van der Waals surface area contributed by atoms with Gasteiger partial charge in [-0.15, -0.1) is 0 Å². The van der Waals surface area contributed by atoms with E-state index >= 15 is 0 Å². The summed E-state index contributed by atoms with van der Waals surface area (Å²) < 4.78 is 0. The van der Waals surface area contributed by atoms with Gasteiger partial charge in [-0.1, -0.05) is 6.92 Å². The fourth-order valence-electron chi connectivity index (χ4n) is 2.54. The lowest BCUT2D eigenvalue weighted by Gasteiger charge is -2.31. The molecule has 0 atom stereocenters. The molecule has 1 N–H and O–H groups in total. The highest BCUT2D eigenvalue weighted by Gasteiger charge is 2.26. The van der Waals surface area contributed by atoms with Gasteiger partial charge in [0.2, 0.25) is 0 Å². The van der Waals surface area contributed by atoms with Crippen LogP contribution in [-0.4, -0.2) is 24.1 Å². The first-order valence-electron chi connectivity index (χ1n) is 8.04. The predicted octanol–water partition coefficient (Wildman–Crippen LogP) is 3.51. The van der Waals surface area contributed by atoms with E-state index in [4.69, 9.17) is 0 Å². The summed E-state index contributed by atoms with van der Waals surface area (Å²) in [4.78, 5) is 7.05. The van der Waals surface area contributed by atoms with Crippen LogP contribution in [0.25, 0.3) is 0 Å². The van der Waals surface area contributed by atoms with E-state index in [2.05, 4.69) is 55.2 Å². The summed E-state index contributed by atoms with van der Waals surface area (Å²) in [7, 11) is 0. The minimum atomic E-state index is 0.544. The lowest BCUT2D eigenvalue weighted by Crippen LogP contribution is -2.34. The second kappa shape index (κ2) is 7.07. The molecule has 112 valence electrons. The van der Waals surface area contributed by atoms with E-state index in [0.717, 1.165) is 24.7 Å². The number of aromatic nitrogens is 1. The molecule has 1 fully saturated rings. The van der Waals surface area contributed by atoms with E-state index in [-0.39, 0.29) is 0 Å². The second-order valence-corrected chi connectivity index (χ2v) is 6.32. The average molecular weight is 275 g/mol. The normalized spacial score (nSPS) is 14.8. The first-order chi connectivity index (χ1) is 9.61. The monoisotopic (exact) mass is 275 g/mol. The molecule has 3 heteroatoms. The minimum absolute atomic E-state index is 0.544. The van der Waals surface area contributed by atoms with E-state index < -0.39 is 0 Å². The molecule has 1 heterocycles. The Morgan fingerprint density at radius 2 is 2.15 bits per heavy atom. The van der Waals surface area contributed by atoms with Gasteiger partial charge in [-0.25, -0.2) is 0 Å². The molecular weight excluding hydrogens is 246 g/mol. The van der Waals surface area contributed by atoms with Crippen molar-refractivity contribution < 1.29 is 0 Å². The van der Waals surface area contributed by atoms with Gasteiger partial charge in [0, 0.05) is 42.3 Å². The smallest absolute Gasteiger partial charge is 0.0447 e. The Morgan fingerprint density at radius 3 is 2.75 bits per heavy atom. The summed E-state index contributed by atoms with van der Waals surface area (Å²) in [5.41, 5.74) is 3.82. The van der Waals surface area contributed by atoms with Crippen LogP contribution in [0.4, 0.5) is 5.69 Å². The molecule has 2 rings (SSSR count). The third-order valence-corrected chi connectivity index (χ3v) is 3.93. The maximum atomic E-state index is 4.49. The van der Waals surface area contributed by atoms with Crippen molar-refractivity contribution in [3.8, 4) is 0 Å². The number of rotatable bonds is 8. The van der Waals surface area contributed by atoms with Gasteiger partial charge in [0.1, 0.15) is 0 Å². The molecule has 0 unspecified atom stereocenters. The lowest BCUT2D eigenvalue weighted by atomic mass is 10.1. The molecule has 1 aliphatic rings. The number of anilines is 1. The van der Waals surface area contributed by atoms with E-state index in [9.17, 15) is 0 Å². The maximum absolute atomic E-state index is 4.49. The summed E-state index contributed by atoms with van der Waals surface area (Å²) in [5.74, 6) is 0.905. The highest BCUT2D eigenvalue weighted by Crippen LogP contribution is 2.33. The van der Waals surface area contributed by atoms with Gasteiger partial charge >= 0.3 is 0 Å². The first kappa shape index (κ1) is 15.3. The number of hydrogen-bond donors (Lipinski definition) is 1. The van der Waals surface area contributed by atoms with Crippen LogP contribution in [0.15, 0.2) is 12.3 Å². The van der Waals surface area contributed by atoms with E-state index in [0.29, 0.717) is 6.04 Å². The maximum Gasteiger partial charge on any atom is 0.0447 e. The van der Waals surface area contributed by atoms with Gasteiger partial charge in [-0.3, -0.25) is 4.98 Å². The zero-order valence-corrected chi connectivity index (χ0v) is 13.4. The molecule has 0 radical (unpaired) electrons. The molecule has 0 aromatic carbocycles. The summed E-state index contributed by atoms with van der Waals surface area (Å²) in [6.07, 6.45) is 6.02. The number of nitrogens with zero attached hydrogens (tertiary/aromatic N) is 2. The van der Waals surface area contributed by atoms with Gasteiger partial charge in [0.25, 0.3) is 0 Å². The quantitative estimate of drug-likeness (QED) is 0.736. The molecule has 0 amide bonds. The molecule has 20 heavy (non-hydrogen) atoms. The van der Waals surface area contributed by atoms with E-state index in [1.54, 1.807) is 0 Å². The number of hydrogen-bond acceptors (Lipinski definition) is 3. The first-order valence-corrected chi connectivity index (χ1v) is 8.04. The Labute approximate surface area is 123 Å². The number of nitrogens with one attached hydrogen (secondary N) is 1. The van der Waals surface area contributed by atoms with Gasteiger partial charge in [0.05, 0.1) is 0 Å². The standard InChI is InChI=1S/C17H29N3/c1-5-8-18-10-16-11-19-14(4)9-17(16)20(13(2)3)12-15-6-7-15/h9,11,13,15,18H,5-8,10,12H2,1-4H3. The summed E-state index contributed by atoms with van der Waals surface area (Å²) in [6.45, 7) is 12.1. The zero-order chi connectivity index (χ0) is 14.5. The Morgan fingerprint density at radius 1 is 1.40 bits per heavy atom. The number of aryl methyl sites for hydroxylation is 1. The molecule has 3 nitrogen and oxygen atoms in total. The SMILES string of the molecule is CCCNCc1cnc(C)cc1N(CC1CC1)C(C)C. The van der Waals surface area contributed by atoms with Crippen molar-refractivity contribution in [2.24, 2.45) is 5.92 Å². The minimum Gasteiger partial charge on any atom is -0.368 e. The van der Waals surface area contributed by atoms with Crippen molar-refractivity contribution in [2.75, 3.05) is 18.0 Å². The van der Waals surface area contributed by atoms with Crippen molar-refractivity contribution in [1.82, 2.24) is 10.3 Å². The highest BCUT2D eigenvalue weighted by molar-refractivity contribution is 5.54. The Balaban J connectivity index is 2.18. The van der Waals surface area contributed by atoms with Crippen molar-refractivity contribution in [2.45, 2.75) is 59.5 Å². The van der Waals surface area contributed by atoms with E-state index in [1.807, 2.05) is 0 Å². The predicted molar refractivity (Wildman–Crippen MR) is 86.2 cm³/mol. The van der Waals surface area contributed by atoms with Gasteiger partial charge in [0.15, 0.2) is 0 Å². The fourth-order valence-corrected chi connectivity index (χ4v) is 2.54. The van der Waals surface area contributed by atoms with Crippen molar-refractivity contribution in [3.63, 3.8) is 0 Å². The largest absolute Gasteiger partial charge is 0.368 e. The zero-order valence-electron chi connectivity index (χ0n) is 13.4. The highest BCUT2D eigenvalue weighted by atomic mass is 15.2. The third-order valence-electron chi connectivity index (χ3n) is 3.93. The Kier molecular flexibility index (Phi) is 5.41. The van der Waals surface area contributed by atoms with Crippen LogP contribution in [0.2, 0.25) is 0 Å². The molecule has 0 spiro atoms. The Bertz CT molecular complexity index is 424. The summed E-state index contributed by atoms with van der Waals surface area (Å²) in [5, 5.41) is 3.51. The summed E-state index contributed by atoms with van der Waals surface area (Å²) >= 11 is 0. The second-order valence-electron chi connectivity index (χ2n) is 6.32. The third kappa shape index (κ3) is 4.20. The van der Waals surface area contributed by atoms with Crippen LogP contribution in [-0.2, 0) is 6.54 Å². The van der Waals surface area contributed by atoms with Crippen LogP contribution in [0.1, 0.15) is 51.3 Å². The van der Waals surface area contributed by atoms with Crippen molar-refractivity contribution in [3.05, 3.63) is 23.5 Å². The molecule has 1 aromatic heterocycles. The van der Waals surface area contributed by atoms with E-state index in [1.165, 1.54) is 37.1 Å². The molecular formula is C17H29N3. The van der Waals surface area contributed by atoms with Crippen LogP contribution >= 0.6 is 0 Å². The lowest BCUT2D eigenvalue weighted by molar-refractivity contribution is 0.630. The van der Waals surface area contributed by atoms with Crippen LogP contribution in [0.5, 0.6) is 0 Å². The molecule has 0 bridgehead atoms. The van der Waals surface area contributed by atoms with Crippen molar-refractivity contribution in [1.29, 1.82) is 0 Å². The van der Waals surface area contributed by atoms with Gasteiger partial charge in [-0.05, 0) is 58.6 Å². The molecule has 1 aliphatic carbocycles. The Hall–Kier alpha value is -1.09. The molecule has 0 aliphatic heterocycles. The fraction of sp³-hybridized carbons (Fsp3) is 0.706.